The first-order chi connectivity index (χ1) is 10.7. The summed E-state index contributed by atoms with van der Waals surface area (Å²) in [5, 5.41) is 31.3. The molecule has 0 aromatic carbocycles. The van der Waals surface area contributed by atoms with Gasteiger partial charge in [0.05, 0.1) is 18.3 Å². The van der Waals surface area contributed by atoms with Gasteiger partial charge >= 0.3 is 0 Å². The zero-order valence-electron chi connectivity index (χ0n) is 15.0. The number of hydrogen-bond acceptors (Lipinski definition) is 3. The van der Waals surface area contributed by atoms with Gasteiger partial charge < -0.3 is 15.3 Å². The van der Waals surface area contributed by atoms with Gasteiger partial charge in [0.25, 0.3) is 0 Å². The Bertz CT molecular complexity index is 503. The van der Waals surface area contributed by atoms with E-state index in [9.17, 15) is 15.3 Å². The van der Waals surface area contributed by atoms with E-state index >= 15 is 0 Å². The van der Waals surface area contributed by atoms with Gasteiger partial charge in [0.15, 0.2) is 0 Å². The molecule has 5 saturated carbocycles. The number of rotatable bonds is 1. The monoisotopic (exact) mass is 322 g/mol. The van der Waals surface area contributed by atoms with Gasteiger partial charge in [-0.15, -0.1) is 0 Å². The summed E-state index contributed by atoms with van der Waals surface area (Å²) in [7, 11) is 0. The van der Waals surface area contributed by atoms with E-state index in [1.165, 1.54) is 19.3 Å². The molecule has 0 aromatic rings. The molecule has 5 aliphatic carbocycles. The van der Waals surface area contributed by atoms with Gasteiger partial charge in [-0.1, -0.05) is 20.8 Å². The van der Waals surface area contributed by atoms with Crippen molar-refractivity contribution in [2.24, 2.45) is 34.0 Å². The van der Waals surface area contributed by atoms with E-state index in [0.717, 1.165) is 32.1 Å². The average molecular weight is 322 g/mol. The van der Waals surface area contributed by atoms with Gasteiger partial charge in [-0.3, -0.25) is 0 Å². The van der Waals surface area contributed by atoms with Crippen molar-refractivity contribution in [2.75, 3.05) is 6.61 Å². The van der Waals surface area contributed by atoms with Crippen molar-refractivity contribution in [3.05, 3.63) is 0 Å². The van der Waals surface area contributed by atoms with E-state index in [0.29, 0.717) is 11.8 Å². The number of aliphatic hydroxyl groups excluding tert-OH is 2. The quantitative estimate of drug-likeness (QED) is 0.695. The van der Waals surface area contributed by atoms with Gasteiger partial charge in [-0.25, -0.2) is 0 Å². The predicted octanol–water partition coefficient (Wildman–Crippen LogP) is 3.11. The lowest BCUT2D eigenvalue weighted by Crippen LogP contribution is -2.66. The second-order valence-corrected chi connectivity index (χ2v) is 10.3. The molecule has 5 aliphatic rings. The molecule has 5 fully saturated rings. The largest absolute Gasteiger partial charge is 0.393 e. The number of fused-ring (bicyclic) bond motifs is 3. The van der Waals surface area contributed by atoms with Crippen molar-refractivity contribution >= 4 is 0 Å². The van der Waals surface area contributed by atoms with Crippen LogP contribution in [0.3, 0.4) is 0 Å². The molecule has 7 atom stereocenters. The highest BCUT2D eigenvalue weighted by Gasteiger charge is 2.67. The van der Waals surface area contributed by atoms with Crippen molar-refractivity contribution in [3.8, 4) is 0 Å². The molecule has 2 unspecified atom stereocenters. The minimum absolute atomic E-state index is 0.00141. The zero-order chi connectivity index (χ0) is 16.7. The van der Waals surface area contributed by atoms with Crippen LogP contribution in [0.1, 0.15) is 72.1 Å². The van der Waals surface area contributed by atoms with E-state index in [1.807, 2.05) is 0 Å². The van der Waals surface area contributed by atoms with Crippen LogP contribution in [0.5, 0.6) is 0 Å². The molecule has 0 aliphatic heterocycles. The van der Waals surface area contributed by atoms with Gasteiger partial charge in [0.1, 0.15) is 0 Å². The maximum atomic E-state index is 10.9. The molecule has 0 aromatic heterocycles. The lowest BCUT2D eigenvalue weighted by Gasteiger charge is -2.70. The fraction of sp³-hybridized carbons (Fsp3) is 1.00. The number of aliphatic hydroxyl groups is 3. The van der Waals surface area contributed by atoms with Crippen molar-refractivity contribution in [2.45, 2.75) is 83.8 Å². The van der Waals surface area contributed by atoms with Crippen LogP contribution in [0.15, 0.2) is 0 Å². The van der Waals surface area contributed by atoms with Gasteiger partial charge in [-0.2, -0.15) is 0 Å². The summed E-state index contributed by atoms with van der Waals surface area (Å²) in [6.45, 7) is 6.94. The van der Waals surface area contributed by atoms with Crippen molar-refractivity contribution in [1.29, 1.82) is 0 Å². The molecular formula is C20H34O3. The molecule has 132 valence electrons. The van der Waals surface area contributed by atoms with E-state index in [-0.39, 0.29) is 34.9 Å². The molecule has 3 heteroatoms. The smallest absolute Gasteiger partial charge is 0.0910 e. The van der Waals surface area contributed by atoms with Gasteiger partial charge in [0.2, 0.25) is 0 Å². The van der Waals surface area contributed by atoms with Crippen LogP contribution in [0.4, 0.5) is 0 Å². The fourth-order valence-corrected chi connectivity index (χ4v) is 7.91. The summed E-state index contributed by atoms with van der Waals surface area (Å²) < 4.78 is 0. The molecule has 0 heterocycles. The zero-order valence-corrected chi connectivity index (χ0v) is 15.0. The Hall–Kier alpha value is -0.120. The third-order valence-corrected chi connectivity index (χ3v) is 9.18. The first kappa shape index (κ1) is 16.4. The van der Waals surface area contributed by atoms with Crippen LogP contribution in [-0.2, 0) is 0 Å². The summed E-state index contributed by atoms with van der Waals surface area (Å²) in [5.74, 6) is 1.51. The molecule has 2 bridgehead atoms. The highest BCUT2D eigenvalue weighted by Crippen LogP contribution is 2.72. The van der Waals surface area contributed by atoms with E-state index in [4.69, 9.17) is 0 Å². The topological polar surface area (TPSA) is 60.7 Å². The Morgan fingerprint density at radius 2 is 1.65 bits per heavy atom. The average Bonchev–Trinajstić information content (AvgIpc) is 2.51. The highest BCUT2D eigenvalue weighted by molar-refractivity contribution is 5.17. The second-order valence-electron chi connectivity index (χ2n) is 10.3. The Labute approximate surface area is 140 Å². The first-order valence-corrected chi connectivity index (χ1v) is 9.69. The molecule has 5 rings (SSSR count). The molecule has 1 spiro atoms. The maximum Gasteiger partial charge on any atom is 0.0910 e. The molecule has 3 nitrogen and oxygen atoms in total. The van der Waals surface area contributed by atoms with Crippen LogP contribution in [0, 0.1) is 34.0 Å². The van der Waals surface area contributed by atoms with Crippen LogP contribution < -0.4 is 0 Å². The standard InChI is InChI=1S/C20H34O3/c1-17(2)14-5-9-19-8-4-13(20(23,11-19)12-21)10-15(19)18(14,3)7-6-16(17)22/h13-16,21-23H,4-12H2,1-3H3/t13?,14-,15+,16?,18-,19-,20-/m1/s1. The lowest BCUT2D eigenvalue weighted by atomic mass is 9.35. The maximum absolute atomic E-state index is 10.9. The highest BCUT2D eigenvalue weighted by atomic mass is 16.3. The van der Waals surface area contributed by atoms with Crippen molar-refractivity contribution in [1.82, 2.24) is 0 Å². The third kappa shape index (κ3) is 1.93. The Kier molecular flexibility index (Phi) is 3.37. The summed E-state index contributed by atoms with van der Waals surface area (Å²) in [5.41, 5.74) is -0.313. The molecule has 0 saturated heterocycles. The Morgan fingerprint density at radius 3 is 2.35 bits per heavy atom. The number of hydrogen-bond donors (Lipinski definition) is 3. The SMILES string of the molecule is CC1(C)C(O)CC[C@]2(C)[C@@H]1CC[C@@]13CCC(C[C@H]12)[C@](O)(CO)C3. The van der Waals surface area contributed by atoms with Crippen LogP contribution in [0.2, 0.25) is 0 Å². The summed E-state index contributed by atoms with van der Waals surface area (Å²) in [6.07, 6.45) is 8.40. The Balaban J connectivity index is 1.72. The fourth-order valence-electron chi connectivity index (χ4n) is 7.91. The van der Waals surface area contributed by atoms with E-state index < -0.39 is 5.60 Å². The van der Waals surface area contributed by atoms with Crippen molar-refractivity contribution in [3.63, 3.8) is 0 Å². The van der Waals surface area contributed by atoms with Crippen molar-refractivity contribution < 1.29 is 15.3 Å². The van der Waals surface area contributed by atoms with E-state index in [1.54, 1.807) is 0 Å². The molecule has 0 radical (unpaired) electrons. The normalized spacial score (nSPS) is 57.7. The summed E-state index contributed by atoms with van der Waals surface area (Å²) in [6, 6.07) is 0. The van der Waals surface area contributed by atoms with Crippen LogP contribution in [0.25, 0.3) is 0 Å². The minimum Gasteiger partial charge on any atom is -0.393 e. The van der Waals surface area contributed by atoms with Crippen LogP contribution >= 0.6 is 0 Å². The molecule has 0 amide bonds. The van der Waals surface area contributed by atoms with Gasteiger partial charge in [-0.05, 0) is 85.4 Å². The summed E-state index contributed by atoms with van der Waals surface area (Å²) in [4.78, 5) is 0. The lowest BCUT2D eigenvalue weighted by molar-refractivity contribution is -0.252. The minimum atomic E-state index is -0.832. The second kappa shape index (κ2) is 4.74. The first-order valence-electron chi connectivity index (χ1n) is 9.69. The predicted molar refractivity (Wildman–Crippen MR) is 89.8 cm³/mol. The summed E-state index contributed by atoms with van der Waals surface area (Å²) >= 11 is 0. The Morgan fingerprint density at radius 1 is 0.957 bits per heavy atom. The molecular weight excluding hydrogens is 288 g/mol. The van der Waals surface area contributed by atoms with Crippen LogP contribution in [-0.4, -0.2) is 33.6 Å². The van der Waals surface area contributed by atoms with E-state index in [2.05, 4.69) is 20.8 Å². The third-order valence-electron chi connectivity index (χ3n) is 9.18. The molecule has 23 heavy (non-hydrogen) atoms. The molecule has 3 N–H and O–H groups in total. The van der Waals surface area contributed by atoms with Gasteiger partial charge in [0, 0.05) is 0 Å².